The molecule has 21 heavy (non-hydrogen) atoms. The van der Waals surface area contributed by atoms with Crippen LogP contribution in [0.3, 0.4) is 0 Å². The number of aromatic nitrogens is 2. The lowest BCUT2D eigenvalue weighted by Crippen LogP contribution is -2.48. The molecule has 0 bridgehead atoms. The van der Waals surface area contributed by atoms with Gasteiger partial charge in [0.05, 0.1) is 24.5 Å². The van der Waals surface area contributed by atoms with E-state index in [1.807, 2.05) is 6.92 Å². The number of carbonyl (C=O) groups is 1. The first-order valence-electron chi connectivity index (χ1n) is 6.87. The highest BCUT2D eigenvalue weighted by Crippen LogP contribution is 2.17. The molecule has 2 rings (SSSR count). The second kappa shape index (κ2) is 6.52. The second-order valence-corrected chi connectivity index (χ2v) is 7.42. The molecule has 0 amide bonds. The number of carboxylic acids is 1. The van der Waals surface area contributed by atoms with E-state index in [4.69, 9.17) is 9.63 Å². The third-order valence-electron chi connectivity index (χ3n) is 3.38. The van der Waals surface area contributed by atoms with Gasteiger partial charge in [0.15, 0.2) is 15.7 Å². The lowest BCUT2D eigenvalue weighted by Gasteiger charge is -2.33. The van der Waals surface area contributed by atoms with Crippen molar-refractivity contribution >= 4 is 15.8 Å². The summed E-state index contributed by atoms with van der Waals surface area (Å²) < 4.78 is 28.4. The van der Waals surface area contributed by atoms with E-state index in [0.717, 1.165) is 12.8 Å². The van der Waals surface area contributed by atoms with Crippen molar-refractivity contribution in [1.82, 2.24) is 15.0 Å². The van der Waals surface area contributed by atoms with Crippen molar-refractivity contribution in [2.45, 2.75) is 38.8 Å². The Morgan fingerprint density at radius 1 is 1.52 bits per heavy atom. The molecule has 1 aliphatic rings. The van der Waals surface area contributed by atoms with Gasteiger partial charge < -0.3 is 9.63 Å². The van der Waals surface area contributed by atoms with Crippen LogP contribution in [0.2, 0.25) is 0 Å². The van der Waals surface area contributed by atoms with Crippen molar-refractivity contribution in [2.75, 3.05) is 18.1 Å². The summed E-state index contributed by atoms with van der Waals surface area (Å²) in [6, 6.07) is -0.553. The number of hydrogen-bond donors (Lipinski definition) is 1. The van der Waals surface area contributed by atoms with E-state index in [9.17, 15) is 13.2 Å². The summed E-state index contributed by atoms with van der Waals surface area (Å²) in [7, 11) is -3.18. The summed E-state index contributed by atoms with van der Waals surface area (Å²) >= 11 is 0. The molecule has 1 unspecified atom stereocenters. The molecule has 1 aromatic rings. The zero-order chi connectivity index (χ0) is 15.5. The molecule has 1 aromatic heterocycles. The second-order valence-electron chi connectivity index (χ2n) is 5.19. The Balaban J connectivity index is 2.06. The minimum atomic E-state index is -3.18. The van der Waals surface area contributed by atoms with E-state index in [1.54, 1.807) is 4.90 Å². The molecule has 0 aromatic carbocycles. The summed E-state index contributed by atoms with van der Waals surface area (Å²) in [4.78, 5) is 16.9. The molecule has 1 saturated heterocycles. The normalized spacial score (nSPS) is 22.2. The summed E-state index contributed by atoms with van der Waals surface area (Å²) in [6.07, 6.45) is 1.41. The molecular formula is C12H19N3O5S. The molecule has 0 radical (unpaired) electrons. The van der Waals surface area contributed by atoms with Crippen molar-refractivity contribution in [3.63, 3.8) is 0 Å². The predicted octanol–water partition coefficient (Wildman–Crippen LogP) is 0.0958. The van der Waals surface area contributed by atoms with Crippen LogP contribution in [-0.2, 0) is 27.6 Å². The van der Waals surface area contributed by atoms with E-state index in [2.05, 4.69) is 10.1 Å². The maximum Gasteiger partial charge on any atom is 0.304 e. The molecule has 9 heteroatoms. The highest BCUT2D eigenvalue weighted by atomic mass is 32.2. The minimum absolute atomic E-state index is 0.0269. The Hall–Kier alpha value is -1.48. The van der Waals surface area contributed by atoms with E-state index >= 15 is 0 Å². The standard InChI is InChI=1S/C12H19N3O5S/c1-2-3-10-13-11(20-14-10)7-15-4-5-21(18,19)8-9(15)6-12(16)17/h9H,2-8H2,1H3,(H,16,17). The van der Waals surface area contributed by atoms with Crippen LogP contribution in [0.1, 0.15) is 31.5 Å². The third kappa shape index (κ3) is 4.50. The van der Waals surface area contributed by atoms with Gasteiger partial charge in [-0.1, -0.05) is 12.1 Å². The maximum absolute atomic E-state index is 11.7. The molecule has 1 atom stereocenters. The number of aryl methyl sites for hydroxylation is 1. The maximum atomic E-state index is 11.7. The Labute approximate surface area is 123 Å². The molecule has 2 heterocycles. The van der Waals surface area contributed by atoms with E-state index in [0.29, 0.717) is 11.7 Å². The fourth-order valence-electron chi connectivity index (χ4n) is 2.37. The fraction of sp³-hybridized carbons (Fsp3) is 0.750. The first-order chi connectivity index (χ1) is 9.89. The monoisotopic (exact) mass is 317 g/mol. The topological polar surface area (TPSA) is 114 Å². The summed E-state index contributed by atoms with van der Waals surface area (Å²) in [5.41, 5.74) is 0. The molecule has 0 aliphatic carbocycles. The fourth-order valence-corrected chi connectivity index (χ4v) is 3.97. The number of aliphatic carboxylic acids is 1. The van der Waals surface area contributed by atoms with Gasteiger partial charge in [-0.25, -0.2) is 8.42 Å². The smallest absolute Gasteiger partial charge is 0.304 e. The lowest BCUT2D eigenvalue weighted by atomic mass is 10.2. The van der Waals surface area contributed by atoms with Gasteiger partial charge in [0.25, 0.3) is 0 Å². The highest BCUT2D eigenvalue weighted by molar-refractivity contribution is 7.91. The molecule has 1 N–H and O–H groups in total. The van der Waals surface area contributed by atoms with Gasteiger partial charge in [-0.3, -0.25) is 9.69 Å². The van der Waals surface area contributed by atoms with Gasteiger partial charge in [-0.15, -0.1) is 0 Å². The highest BCUT2D eigenvalue weighted by Gasteiger charge is 2.33. The SMILES string of the molecule is CCCc1noc(CN2CCS(=O)(=O)CC2CC(=O)O)n1. The van der Waals surface area contributed by atoms with Crippen LogP contribution in [0.4, 0.5) is 0 Å². The zero-order valence-corrected chi connectivity index (χ0v) is 12.7. The molecule has 1 aliphatic heterocycles. The quantitative estimate of drug-likeness (QED) is 0.785. The van der Waals surface area contributed by atoms with Crippen molar-refractivity contribution in [3.05, 3.63) is 11.7 Å². The third-order valence-corrected chi connectivity index (χ3v) is 5.08. The largest absolute Gasteiger partial charge is 0.481 e. The number of rotatable bonds is 6. The average molecular weight is 317 g/mol. The van der Waals surface area contributed by atoms with Crippen molar-refractivity contribution in [2.24, 2.45) is 0 Å². The van der Waals surface area contributed by atoms with Gasteiger partial charge in [-0.05, 0) is 6.42 Å². The Kier molecular flexibility index (Phi) is 4.94. The molecule has 8 nitrogen and oxygen atoms in total. The van der Waals surface area contributed by atoms with Crippen LogP contribution in [0, 0.1) is 0 Å². The molecule has 0 spiro atoms. The number of nitrogens with zero attached hydrogens (tertiary/aromatic N) is 3. The van der Waals surface area contributed by atoms with Gasteiger partial charge in [0.1, 0.15) is 0 Å². The van der Waals surface area contributed by atoms with Crippen LogP contribution >= 0.6 is 0 Å². The molecular weight excluding hydrogens is 298 g/mol. The van der Waals surface area contributed by atoms with Crippen LogP contribution in [0.25, 0.3) is 0 Å². The Bertz CT molecular complexity index is 598. The lowest BCUT2D eigenvalue weighted by molar-refractivity contribution is -0.138. The van der Waals surface area contributed by atoms with Crippen LogP contribution in [-0.4, -0.2) is 58.6 Å². The van der Waals surface area contributed by atoms with Crippen LogP contribution in [0.15, 0.2) is 4.52 Å². The van der Waals surface area contributed by atoms with Crippen molar-refractivity contribution < 1.29 is 22.8 Å². The predicted molar refractivity (Wildman–Crippen MR) is 73.4 cm³/mol. The van der Waals surface area contributed by atoms with E-state index in [1.165, 1.54) is 0 Å². The average Bonchev–Trinajstić information content (AvgIpc) is 2.79. The van der Waals surface area contributed by atoms with E-state index < -0.39 is 21.8 Å². The Morgan fingerprint density at radius 2 is 2.29 bits per heavy atom. The number of carboxylic acid groups (broad SMARTS) is 1. The first-order valence-corrected chi connectivity index (χ1v) is 8.69. The van der Waals surface area contributed by atoms with Gasteiger partial charge >= 0.3 is 5.97 Å². The molecule has 0 saturated carbocycles. The van der Waals surface area contributed by atoms with Gasteiger partial charge in [0.2, 0.25) is 5.89 Å². The van der Waals surface area contributed by atoms with Crippen molar-refractivity contribution in [1.29, 1.82) is 0 Å². The van der Waals surface area contributed by atoms with Gasteiger partial charge in [-0.2, -0.15) is 4.98 Å². The first kappa shape index (κ1) is 15.9. The zero-order valence-electron chi connectivity index (χ0n) is 11.9. The summed E-state index contributed by atoms with van der Waals surface area (Å²) in [6.45, 7) is 2.57. The van der Waals surface area contributed by atoms with E-state index in [-0.39, 0.29) is 31.0 Å². The van der Waals surface area contributed by atoms with Crippen molar-refractivity contribution in [3.8, 4) is 0 Å². The summed E-state index contributed by atoms with van der Waals surface area (Å²) in [5, 5.41) is 12.8. The van der Waals surface area contributed by atoms with Crippen LogP contribution < -0.4 is 0 Å². The molecule has 118 valence electrons. The molecule has 1 fully saturated rings. The van der Waals surface area contributed by atoms with Crippen LogP contribution in [0.5, 0.6) is 0 Å². The number of hydrogen-bond acceptors (Lipinski definition) is 7. The van der Waals surface area contributed by atoms with Gasteiger partial charge in [0, 0.05) is 19.0 Å². The minimum Gasteiger partial charge on any atom is -0.481 e. The Morgan fingerprint density at radius 3 is 2.95 bits per heavy atom. The number of sulfone groups is 1. The summed E-state index contributed by atoms with van der Waals surface area (Å²) in [5.74, 6) is -0.117.